The summed E-state index contributed by atoms with van der Waals surface area (Å²) >= 11 is 0. The highest BCUT2D eigenvalue weighted by Crippen LogP contribution is 2.32. The Hall–Kier alpha value is -0.570. The van der Waals surface area contributed by atoms with E-state index < -0.39 is 0 Å². The molecule has 1 fully saturated rings. The molecule has 4 N–H and O–H groups in total. The standard InChI is InChI=1S/C10H20N2O/c1-7(6-11)8-2-4-9(5-3-8)10(12)13/h7-9H,2-6,11H2,1H3,(H2,12,13). The van der Waals surface area contributed by atoms with Crippen LogP contribution in [-0.2, 0) is 4.79 Å². The minimum Gasteiger partial charge on any atom is -0.369 e. The summed E-state index contributed by atoms with van der Waals surface area (Å²) in [6.07, 6.45) is 4.16. The normalized spacial score (nSPS) is 31.2. The number of amides is 1. The first-order chi connectivity index (χ1) is 6.15. The van der Waals surface area contributed by atoms with Crippen LogP contribution in [0.2, 0.25) is 0 Å². The summed E-state index contributed by atoms with van der Waals surface area (Å²) in [5.74, 6) is 1.30. The lowest BCUT2D eigenvalue weighted by molar-refractivity contribution is -0.123. The molecule has 1 rings (SSSR count). The summed E-state index contributed by atoms with van der Waals surface area (Å²) in [4.78, 5) is 10.9. The maximum atomic E-state index is 10.9. The van der Waals surface area contributed by atoms with Gasteiger partial charge in [0, 0.05) is 5.92 Å². The van der Waals surface area contributed by atoms with Crippen molar-refractivity contribution >= 4 is 5.91 Å². The first-order valence-corrected chi connectivity index (χ1v) is 5.14. The molecule has 1 amide bonds. The minimum atomic E-state index is -0.126. The predicted molar refractivity (Wildman–Crippen MR) is 52.9 cm³/mol. The number of rotatable bonds is 3. The van der Waals surface area contributed by atoms with Gasteiger partial charge in [0.25, 0.3) is 0 Å². The molecule has 0 spiro atoms. The van der Waals surface area contributed by atoms with Crippen molar-refractivity contribution in [1.82, 2.24) is 0 Å². The van der Waals surface area contributed by atoms with Gasteiger partial charge in [0.15, 0.2) is 0 Å². The smallest absolute Gasteiger partial charge is 0.220 e. The Morgan fingerprint density at radius 2 is 1.92 bits per heavy atom. The molecule has 13 heavy (non-hydrogen) atoms. The van der Waals surface area contributed by atoms with E-state index in [0.717, 1.165) is 32.2 Å². The van der Waals surface area contributed by atoms with E-state index in [1.807, 2.05) is 0 Å². The molecule has 76 valence electrons. The molecule has 0 aliphatic heterocycles. The van der Waals surface area contributed by atoms with Crippen molar-refractivity contribution in [2.45, 2.75) is 32.6 Å². The average Bonchev–Trinajstić information content (AvgIpc) is 2.17. The maximum absolute atomic E-state index is 10.9. The van der Waals surface area contributed by atoms with Crippen LogP contribution >= 0.6 is 0 Å². The average molecular weight is 184 g/mol. The molecule has 0 bridgehead atoms. The second kappa shape index (κ2) is 4.61. The molecule has 1 unspecified atom stereocenters. The van der Waals surface area contributed by atoms with Crippen LogP contribution in [0.1, 0.15) is 32.6 Å². The van der Waals surface area contributed by atoms with Gasteiger partial charge in [0.2, 0.25) is 5.91 Å². The molecule has 1 saturated carbocycles. The van der Waals surface area contributed by atoms with E-state index in [4.69, 9.17) is 11.5 Å². The molecule has 0 aromatic carbocycles. The van der Waals surface area contributed by atoms with Crippen molar-refractivity contribution < 1.29 is 4.79 Å². The quantitative estimate of drug-likeness (QED) is 0.683. The lowest BCUT2D eigenvalue weighted by atomic mass is 9.76. The van der Waals surface area contributed by atoms with Crippen LogP contribution in [0.5, 0.6) is 0 Å². The Morgan fingerprint density at radius 1 is 1.38 bits per heavy atom. The third-order valence-corrected chi connectivity index (χ3v) is 3.35. The molecule has 0 aromatic heterocycles. The van der Waals surface area contributed by atoms with E-state index in [9.17, 15) is 4.79 Å². The first-order valence-electron chi connectivity index (χ1n) is 5.14. The van der Waals surface area contributed by atoms with Gasteiger partial charge in [-0.15, -0.1) is 0 Å². The topological polar surface area (TPSA) is 69.1 Å². The van der Waals surface area contributed by atoms with Crippen molar-refractivity contribution in [1.29, 1.82) is 0 Å². The van der Waals surface area contributed by atoms with Gasteiger partial charge in [0.05, 0.1) is 0 Å². The summed E-state index contributed by atoms with van der Waals surface area (Å²) in [7, 11) is 0. The van der Waals surface area contributed by atoms with Crippen LogP contribution in [0.15, 0.2) is 0 Å². The largest absolute Gasteiger partial charge is 0.369 e. The lowest BCUT2D eigenvalue weighted by Crippen LogP contribution is -2.31. The maximum Gasteiger partial charge on any atom is 0.220 e. The van der Waals surface area contributed by atoms with Crippen molar-refractivity contribution in [3.8, 4) is 0 Å². The van der Waals surface area contributed by atoms with E-state index in [2.05, 4.69) is 6.92 Å². The van der Waals surface area contributed by atoms with Crippen LogP contribution < -0.4 is 11.5 Å². The fourth-order valence-electron chi connectivity index (χ4n) is 2.17. The second-order valence-corrected chi connectivity index (χ2v) is 4.23. The molecule has 3 nitrogen and oxygen atoms in total. The summed E-state index contributed by atoms with van der Waals surface area (Å²) in [6.45, 7) is 2.95. The van der Waals surface area contributed by atoms with E-state index >= 15 is 0 Å². The highest BCUT2D eigenvalue weighted by Gasteiger charge is 2.26. The molecule has 1 aliphatic rings. The van der Waals surface area contributed by atoms with E-state index in [1.54, 1.807) is 0 Å². The zero-order valence-electron chi connectivity index (χ0n) is 8.33. The van der Waals surface area contributed by atoms with Gasteiger partial charge in [-0.05, 0) is 44.1 Å². The summed E-state index contributed by atoms with van der Waals surface area (Å²) in [5.41, 5.74) is 10.9. The zero-order valence-corrected chi connectivity index (χ0v) is 8.33. The molecule has 1 aliphatic carbocycles. The second-order valence-electron chi connectivity index (χ2n) is 4.23. The Bertz CT molecular complexity index is 174. The van der Waals surface area contributed by atoms with Crippen molar-refractivity contribution in [3.63, 3.8) is 0 Å². The van der Waals surface area contributed by atoms with Gasteiger partial charge in [-0.3, -0.25) is 4.79 Å². The SMILES string of the molecule is CC(CN)C1CCC(C(N)=O)CC1. The third-order valence-electron chi connectivity index (χ3n) is 3.35. The molecular weight excluding hydrogens is 164 g/mol. The number of hydrogen-bond donors (Lipinski definition) is 2. The van der Waals surface area contributed by atoms with E-state index in [-0.39, 0.29) is 11.8 Å². The van der Waals surface area contributed by atoms with Gasteiger partial charge in [-0.25, -0.2) is 0 Å². The summed E-state index contributed by atoms with van der Waals surface area (Å²) in [6, 6.07) is 0. The molecule has 0 radical (unpaired) electrons. The van der Waals surface area contributed by atoms with Gasteiger partial charge in [-0.1, -0.05) is 6.92 Å². The Labute approximate surface area is 79.9 Å². The van der Waals surface area contributed by atoms with Crippen LogP contribution in [0.4, 0.5) is 0 Å². The predicted octanol–water partition coefficient (Wildman–Crippen LogP) is 0.873. The third kappa shape index (κ3) is 2.69. The highest BCUT2D eigenvalue weighted by atomic mass is 16.1. The number of carbonyl (C=O) groups is 1. The van der Waals surface area contributed by atoms with Gasteiger partial charge in [0.1, 0.15) is 0 Å². The Morgan fingerprint density at radius 3 is 2.31 bits per heavy atom. The Kier molecular flexibility index (Phi) is 3.72. The number of hydrogen-bond acceptors (Lipinski definition) is 2. The highest BCUT2D eigenvalue weighted by molar-refractivity contribution is 5.76. The molecular formula is C10H20N2O. The fourth-order valence-corrected chi connectivity index (χ4v) is 2.17. The van der Waals surface area contributed by atoms with E-state index in [0.29, 0.717) is 11.8 Å². The van der Waals surface area contributed by atoms with Crippen LogP contribution in [-0.4, -0.2) is 12.5 Å². The van der Waals surface area contributed by atoms with Crippen LogP contribution in [0.25, 0.3) is 0 Å². The van der Waals surface area contributed by atoms with Crippen LogP contribution in [0, 0.1) is 17.8 Å². The number of nitrogens with two attached hydrogens (primary N) is 2. The van der Waals surface area contributed by atoms with Crippen LogP contribution in [0.3, 0.4) is 0 Å². The van der Waals surface area contributed by atoms with Crippen molar-refractivity contribution in [2.24, 2.45) is 29.2 Å². The molecule has 0 heterocycles. The first kappa shape index (κ1) is 10.5. The van der Waals surface area contributed by atoms with Gasteiger partial charge in [-0.2, -0.15) is 0 Å². The zero-order chi connectivity index (χ0) is 9.84. The van der Waals surface area contributed by atoms with Gasteiger partial charge < -0.3 is 11.5 Å². The monoisotopic (exact) mass is 184 g/mol. The molecule has 1 atom stereocenters. The Balaban J connectivity index is 2.34. The molecule has 0 aromatic rings. The fraction of sp³-hybridized carbons (Fsp3) is 0.900. The van der Waals surface area contributed by atoms with Crippen molar-refractivity contribution in [2.75, 3.05) is 6.54 Å². The summed E-state index contributed by atoms with van der Waals surface area (Å²) < 4.78 is 0. The minimum absolute atomic E-state index is 0.126. The molecule has 0 saturated heterocycles. The lowest BCUT2D eigenvalue weighted by Gasteiger charge is -2.30. The van der Waals surface area contributed by atoms with E-state index in [1.165, 1.54) is 0 Å². The summed E-state index contributed by atoms with van der Waals surface area (Å²) in [5, 5.41) is 0. The number of primary amides is 1. The van der Waals surface area contributed by atoms with Crippen molar-refractivity contribution in [3.05, 3.63) is 0 Å². The van der Waals surface area contributed by atoms with Gasteiger partial charge >= 0.3 is 0 Å². The number of carbonyl (C=O) groups excluding carboxylic acids is 1. The molecule has 3 heteroatoms.